The molecule has 4 rings (SSSR count). The number of phenols is 1. The molecule has 1 aliphatic heterocycles. The molecule has 1 saturated heterocycles. The zero-order valence-electron chi connectivity index (χ0n) is 17.2. The molecule has 0 radical (unpaired) electrons. The highest BCUT2D eigenvalue weighted by Gasteiger charge is 2.28. The number of phenolic OH excluding ortho intramolecular Hbond substituents is 1. The molecular weight excluding hydrogens is 390 g/mol. The van der Waals surface area contributed by atoms with Crippen LogP contribution >= 0.6 is 0 Å². The van der Waals surface area contributed by atoms with Gasteiger partial charge in [-0.25, -0.2) is 0 Å². The number of primary amides is 1. The number of hydrogen-bond donors (Lipinski definition) is 2. The van der Waals surface area contributed by atoms with Gasteiger partial charge in [0.2, 0.25) is 11.8 Å². The lowest BCUT2D eigenvalue weighted by Gasteiger charge is -2.36. The van der Waals surface area contributed by atoms with Gasteiger partial charge in [0, 0.05) is 23.9 Å². The normalized spacial score (nSPS) is 16.1. The molecule has 158 valence electrons. The summed E-state index contributed by atoms with van der Waals surface area (Å²) in [4.78, 5) is 30.8. The summed E-state index contributed by atoms with van der Waals surface area (Å²) in [5.74, 6) is -0.173. The van der Waals surface area contributed by atoms with Crippen molar-refractivity contribution < 1.29 is 14.7 Å². The fourth-order valence-corrected chi connectivity index (χ4v) is 4.05. The third kappa shape index (κ3) is 4.74. The molecule has 3 aromatic rings. The molecule has 31 heavy (non-hydrogen) atoms. The molecule has 0 aliphatic carbocycles. The van der Waals surface area contributed by atoms with Crippen LogP contribution in [0.5, 0.6) is 5.75 Å². The Morgan fingerprint density at radius 2 is 1.74 bits per heavy atom. The molecule has 0 bridgehead atoms. The highest BCUT2D eigenvalue weighted by Crippen LogP contribution is 2.32. The minimum absolute atomic E-state index is 0.0113. The number of hydrogen-bond acceptors (Lipinski definition) is 4. The third-order valence-electron chi connectivity index (χ3n) is 5.75. The van der Waals surface area contributed by atoms with Gasteiger partial charge in [-0.05, 0) is 60.7 Å². The lowest BCUT2D eigenvalue weighted by Crippen LogP contribution is -2.39. The zero-order chi connectivity index (χ0) is 21.8. The number of piperidine rings is 1. The van der Waals surface area contributed by atoms with E-state index in [0.717, 1.165) is 48.2 Å². The lowest BCUT2D eigenvalue weighted by atomic mass is 9.95. The molecule has 1 aromatic heterocycles. The summed E-state index contributed by atoms with van der Waals surface area (Å²) < 4.78 is 0. The minimum atomic E-state index is -0.454. The first kappa shape index (κ1) is 20.6. The number of aromatic hydroxyl groups is 1. The number of rotatable bonds is 5. The summed E-state index contributed by atoms with van der Waals surface area (Å²) in [5, 5.41) is 9.45. The molecule has 6 nitrogen and oxygen atoms in total. The number of pyridine rings is 1. The quantitative estimate of drug-likeness (QED) is 0.661. The number of benzene rings is 2. The average Bonchev–Trinajstić information content (AvgIpc) is 2.81. The highest BCUT2D eigenvalue weighted by atomic mass is 16.3. The van der Waals surface area contributed by atoms with E-state index in [0.29, 0.717) is 12.0 Å². The fourth-order valence-electron chi connectivity index (χ4n) is 4.05. The van der Waals surface area contributed by atoms with Crippen LogP contribution in [0.2, 0.25) is 0 Å². The van der Waals surface area contributed by atoms with E-state index in [-0.39, 0.29) is 17.7 Å². The number of carbonyl (C=O) groups excluding carboxylic acids is 2. The van der Waals surface area contributed by atoms with Crippen LogP contribution in [0.4, 0.5) is 0 Å². The van der Waals surface area contributed by atoms with Gasteiger partial charge in [-0.1, -0.05) is 30.3 Å². The molecule has 1 aliphatic rings. The first-order chi connectivity index (χ1) is 15.0. The predicted octanol–water partition coefficient (Wildman–Crippen LogP) is 3.85. The van der Waals surface area contributed by atoms with Gasteiger partial charge in [0.1, 0.15) is 5.75 Å². The maximum absolute atomic E-state index is 13.0. The molecule has 1 fully saturated rings. The minimum Gasteiger partial charge on any atom is -0.508 e. The first-order valence-electron chi connectivity index (χ1n) is 10.4. The van der Waals surface area contributed by atoms with Gasteiger partial charge in [-0.3, -0.25) is 14.6 Å². The maximum atomic E-state index is 13.0. The van der Waals surface area contributed by atoms with E-state index in [9.17, 15) is 14.7 Å². The Morgan fingerprint density at radius 1 is 1.00 bits per heavy atom. The van der Waals surface area contributed by atoms with Crippen LogP contribution in [-0.4, -0.2) is 33.3 Å². The summed E-state index contributed by atoms with van der Waals surface area (Å²) in [6.07, 6.45) is 5.14. The van der Waals surface area contributed by atoms with Crippen LogP contribution < -0.4 is 5.73 Å². The second kappa shape index (κ2) is 9.00. The standard InChI is InChI=1S/C25H25N3O3/c26-25(31)19-8-6-18(7-9-19)22-13-10-20(16-27-22)23-3-1-2-14-28(23)24(30)15-17-4-11-21(29)12-5-17/h4-13,16,23,29H,1-3,14-15H2,(H2,26,31). The second-order valence-corrected chi connectivity index (χ2v) is 7.86. The number of nitrogens with zero attached hydrogens (tertiary/aromatic N) is 2. The maximum Gasteiger partial charge on any atom is 0.248 e. The molecule has 6 heteroatoms. The molecule has 1 unspecified atom stereocenters. The van der Waals surface area contributed by atoms with E-state index in [4.69, 9.17) is 5.73 Å². The summed E-state index contributed by atoms with van der Waals surface area (Å²) in [7, 11) is 0. The van der Waals surface area contributed by atoms with Crippen molar-refractivity contribution in [3.8, 4) is 17.0 Å². The van der Waals surface area contributed by atoms with Gasteiger partial charge in [0.05, 0.1) is 18.2 Å². The largest absolute Gasteiger partial charge is 0.508 e. The first-order valence-corrected chi connectivity index (χ1v) is 10.4. The molecule has 2 heterocycles. The van der Waals surface area contributed by atoms with Crippen molar-refractivity contribution in [3.63, 3.8) is 0 Å². The van der Waals surface area contributed by atoms with Crippen molar-refractivity contribution >= 4 is 11.8 Å². The van der Waals surface area contributed by atoms with E-state index < -0.39 is 5.91 Å². The Hall–Kier alpha value is -3.67. The number of amides is 2. The Kier molecular flexibility index (Phi) is 5.98. The zero-order valence-corrected chi connectivity index (χ0v) is 17.2. The summed E-state index contributed by atoms with van der Waals surface area (Å²) in [6.45, 7) is 0.734. The van der Waals surface area contributed by atoms with Crippen molar-refractivity contribution in [1.29, 1.82) is 0 Å². The Bertz CT molecular complexity index is 1060. The van der Waals surface area contributed by atoms with Crippen LogP contribution in [0.25, 0.3) is 11.3 Å². The molecule has 2 aromatic carbocycles. The summed E-state index contributed by atoms with van der Waals surface area (Å²) in [6, 6.07) is 17.8. The molecule has 1 atom stereocenters. The van der Waals surface area contributed by atoms with Gasteiger partial charge in [0.15, 0.2) is 0 Å². The Morgan fingerprint density at radius 3 is 2.39 bits per heavy atom. The fraction of sp³-hybridized carbons (Fsp3) is 0.240. The van der Waals surface area contributed by atoms with E-state index >= 15 is 0 Å². The monoisotopic (exact) mass is 415 g/mol. The topological polar surface area (TPSA) is 96.5 Å². The molecule has 3 N–H and O–H groups in total. The van der Waals surface area contributed by atoms with Gasteiger partial charge in [0.25, 0.3) is 0 Å². The number of carbonyl (C=O) groups is 2. The van der Waals surface area contributed by atoms with Gasteiger partial charge < -0.3 is 15.7 Å². The number of likely N-dealkylation sites (tertiary alicyclic amines) is 1. The van der Waals surface area contributed by atoms with Gasteiger partial charge in [-0.15, -0.1) is 0 Å². The Labute approximate surface area is 181 Å². The van der Waals surface area contributed by atoms with Crippen molar-refractivity contribution in [3.05, 3.63) is 83.6 Å². The molecule has 0 spiro atoms. The van der Waals surface area contributed by atoms with E-state index in [1.807, 2.05) is 35.4 Å². The molecule has 0 saturated carbocycles. The van der Waals surface area contributed by atoms with Gasteiger partial charge in [-0.2, -0.15) is 0 Å². The average molecular weight is 415 g/mol. The van der Waals surface area contributed by atoms with Crippen LogP contribution in [0.15, 0.2) is 66.9 Å². The van der Waals surface area contributed by atoms with Gasteiger partial charge >= 0.3 is 0 Å². The lowest BCUT2D eigenvalue weighted by molar-refractivity contribution is -0.134. The third-order valence-corrected chi connectivity index (χ3v) is 5.75. The highest BCUT2D eigenvalue weighted by molar-refractivity contribution is 5.93. The summed E-state index contributed by atoms with van der Waals surface area (Å²) in [5.41, 5.74) is 9.38. The second-order valence-electron chi connectivity index (χ2n) is 7.86. The van der Waals surface area contributed by atoms with Crippen molar-refractivity contribution in [2.75, 3.05) is 6.54 Å². The van der Waals surface area contributed by atoms with Crippen molar-refractivity contribution in [2.45, 2.75) is 31.7 Å². The van der Waals surface area contributed by atoms with E-state index in [2.05, 4.69) is 4.98 Å². The van der Waals surface area contributed by atoms with Crippen LogP contribution in [0.3, 0.4) is 0 Å². The number of nitrogens with two attached hydrogens (primary N) is 1. The van der Waals surface area contributed by atoms with Crippen LogP contribution in [-0.2, 0) is 11.2 Å². The van der Waals surface area contributed by atoms with Crippen molar-refractivity contribution in [1.82, 2.24) is 9.88 Å². The van der Waals surface area contributed by atoms with Crippen molar-refractivity contribution in [2.24, 2.45) is 5.73 Å². The number of aromatic nitrogens is 1. The summed E-state index contributed by atoms with van der Waals surface area (Å²) >= 11 is 0. The van der Waals surface area contributed by atoms with E-state index in [1.54, 1.807) is 36.4 Å². The molecular formula is C25H25N3O3. The SMILES string of the molecule is NC(=O)c1ccc(-c2ccc(C3CCCCN3C(=O)Cc3ccc(O)cc3)cn2)cc1. The van der Waals surface area contributed by atoms with Crippen LogP contribution in [0.1, 0.15) is 46.8 Å². The Balaban J connectivity index is 1.50. The van der Waals surface area contributed by atoms with E-state index in [1.165, 1.54) is 0 Å². The van der Waals surface area contributed by atoms with Crippen LogP contribution in [0, 0.1) is 0 Å². The predicted molar refractivity (Wildman–Crippen MR) is 118 cm³/mol. The smallest absolute Gasteiger partial charge is 0.248 e. The molecule has 2 amide bonds.